The maximum Gasteiger partial charge on any atom is 0.252 e. The SMILES string of the molecule is Cc1cc(C(=O)NC2CNCCC2C)c2ccccc2n1.Cl.Cl. The summed E-state index contributed by atoms with van der Waals surface area (Å²) in [6.07, 6.45) is 1.10. The van der Waals surface area contributed by atoms with Crippen LogP contribution in [0.15, 0.2) is 30.3 Å². The lowest BCUT2D eigenvalue weighted by Crippen LogP contribution is -2.50. The second-order valence-corrected chi connectivity index (χ2v) is 5.88. The van der Waals surface area contributed by atoms with Gasteiger partial charge in [-0.2, -0.15) is 0 Å². The number of benzene rings is 1. The minimum Gasteiger partial charge on any atom is -0.348 e. The average molecular weight is 356 g/mol. The highest BCUT2D eigenvalue weighted by Gasteiger charge is 2.23. The minimum absolute atomic E-state index is 0. The first-order valence-corrected chi connectivity index (χ1v) is 7.53. The summed E-state index contributed by atoms with van der Waals surface area (Å²) in [4.78, 5) is 17.1. The molecule has 1 aromatic heterocycles. The molecule has 1 aliphatic heterocycles. The van der Waals surface area contributed by atoms with Gasteiger partial charge in [-0.3, -0.25) is 9.78 Å². The number of aryl methyl sites for hydroxylation is 1. The molecule has 6 heteroatoms. The summed E-state index contributed by atoms with van der Waals surface area (Å²) in [7, 11) is 0. The Balaban J connectivity index is 0.00000132. The molecule has 0 saturated carbocycles. The van der Waals surface area contributed by atoms with E-state index >= 15 is 0 Å². The quantitative estimate of drug-likeness (QED) is 0.869. The third kappa shape index (κ3) is 4.34. The van der Waals surface area contributed by atoms with Gasteiger partial charge in [0.1, 0.15) is 0 Å². The van der Waals surface area contributed by atoms with Crippen molar-refractivity contribution in [3.8, 4) is 0 Å². The fourth-order valence-electron chi connectivity index (χ4n) is 2.92. The van der Waals surface area contributed by atoms with Crippen molar-refractivity contribution in [3.63, 3.8) is 0 Å². The van der Waals surface area contributed by atoms with Gasteiger partial charge in [0.15, 0.2) is 0 Å². The number of carbonyl (C=O) groups excluding carboxylic acids is 1. The lowest BCUT2D eigenvalue weighted by Gasteiger charge is -2.30. The van der Waals surface area contributed by atoms with Crippen LogP contribution >= 0.6 is 24.8 Å². The Morgan fingerprint density at radius 3 is 2.78 bits per heavy atom. The Kier molecular flexibility index (Phi) is 7.26. The summed E-state index contributed by atoms with van der Waals surface area (Å²) in [5.41, 5.74) is 2.46. The van der Waals surface area contributed by atoms with E-state index in [1.165, 1.54) is 0 Å². The fourth-order valence-corrected chi connectivity index (χ4v) is 2.92. The van der Waals surface area contributed by atoms with E-state index in [-0.39, 0.29) is 36.8 Å². The summed E-state index contributed by atoms with van der Waals surface area (Å²) in [5.74, 6) is 0.502. The second kappa shape index (κ2) is 8.48. The molecule has 1 saturated heterocycles. The first kappa shape index (κ1) is 19.7. The van der Waals surface area contributed by atoms with Crippen LogP contribution in [0.5, 0.6) is 0 Å². The number of aromatic nitrogens is 1. The number of rotatable bonds is 2. The molecule has 0 aliphatic carbocycles. The maximum atomic E-state index is 12.7. The predicted molar refractivity (Wildman–Crippen MR) is 98.9 cm³/mol. The van der Waals surface area contributed by atoms with Crippen LogP contribution in [0.2, 0.25) is 0 Å². The smallest absolute Gasteiger partial charge is 0.252 e. The van der Waals surface area contributed by atoms with E-state index in [2.05, 4.69) is 22.5 Å². The van der Waals surface area contributed by atoms with Crippen LogP contribution in [0.3, 0.4) is 0 Å². The Hall–Kier alpha value is -1.36. The van der Waals surface area contributed by atoms with Gasteiger partial charge in [0.25, 0.3) is 5.91 Å². The van der Waals surface area contributed by atoms with E-state index in [0.717, 1.165) is 41.7 Å². The standard InChI is InChI=1S/C17H21N3O.2ClH/c1-11-7-8-18-10-16(11)20-17(21)14-9-12(2)19-15-6-4-3-5-13(14)15;;/h3-6,9,11,16,18H,7-8,10H2,1-2H3,(H,20,21);2*1H. The number of piperidine rings is 1. The third-order valence-corrected chi connectivity index (χ3v) is 4.23. The summed E-state index contributed by atoms with van der Waals surface area (Å²) < 4.78 is 0. The number of carbonyl (C=O) groups is 1. The number of amides is 1. The first-order valence-electron chi connectivity index (χ1n) is 7.53. The molecule has 4 nitrogen and oxygen atoms in total. The number of fused-ring (bicyclic) bond motifs is 1. The highest BCUT2D eigenvalue weighted by molar-refractivity contribution is 6.06. The monoisotopic (exact) mass is 355 g/mol. The van der Waals surface area contributed by atoms with E-state index in [0.29, 0.717) is 5.92 Å². The molecule has 0 radical (unpaired) electrons. The lowest BCUT2D eigenvalue weighted by atomic mass is 9.94. The van der Waals surface area contributed by atoms with Crippen LogP contribution < -0.4 is 10.6 Å². The van der Waals surface area contributed by atoms with Gasteiger partial charge < -0.3 is 10.6 Å². The van der Waals surface area contributed by atoms with Gasteiger partial charge in [-0.25, -0.2) is 0 Å². The number of para-hydroxylation sites is 1. The van der Waals surface area contributed by atoms with E-state index in [9.17, 15) is 4.79 Å². The van der Waals surface area contributed by atoms with Crippen LogP contribution in [0.25, 0.3) is 10.9 Å². The Bertz CT molecular complexity index is 678. The molecule has 2 heterocycles. The van der Waals surface area contributed by atoms with E-state index in [1.807, 2.05) is 37.3 Å². The molecule has 1 aromatic carbocycles. The molecule has 0 spiro atoms. The number of hydrogen-bond donors (Lipinski definition) is 2. The van der Waals surface area contributed by atoms with Gasteiger partial charge in [-0.15, -0.1) is 24.8 Å². The topological polar surface area (TPSA) is 54.0 Å². The fraction of sp³-hybridized carbons (Fsp3) is 0.412. The first-order chi connectivity index (χ1) is 10.1. The third-order valence-electron chi connectivity index (χ3n) is 4.23. The minimum atomic E-state index is -0.00255. The van der Waals surface area contributed by atoms with Crippen molar-refractivity contribution in [1.82, 2.24) is 15.6 Å². The molecule has 2 atom stereocenters. The lowest BCUT2D eigenvalue weighted by molar-refractivity contribution is 0.0917. The summed E-state index contributed by atoms with van der Waals surface area (Å²) in [5, 5.41) is 7.43. The van der Waals surface area contributed by atoms with Crippen molar-refractivity contribution in [3.05, 3.63) is 41.6 Å². The van der Waals surface area contributed by atoms with Crippen molar-refractivity contribution in [2.45, 2.75) is 26.3 Å². The number of nitrogens with zero attached hydrogens (tertiary/aromatic N) is 1. The average Bonchev–Trinajstić information content (AvgIpc) is 2.48. The van der Waals surface area contributed by atoms with Gasteiger partial charge in [0.2, 0.25) is 0 Å². The number of hydrogen-bond acceptors (Lipinski definition) is 3. The van der Waals surface area contributed by atoms with Gasteiger partial charge in [0, 0.05) is 23.7 Å². The Labute approximate surface area is 149 Å². The van der Waals surface area contributed by atoms with Crippen molar-refractivity contribution in [1.29, 1.82) is 0 Å². The zero-order chi connectivity index (χ0) is 14.8. The van der Waals surface area contributed by atoms with Crippen LogP contribution in [0, 0.1) is 12.8 Å². The van der Waals surface area contributed by atoms with E-state index in [1.54, 1.807) is 0 Å². The van der Waals surface area contributed by atoms with Gasteiger partial charge in [0.05, 0.1) is 11.1 Å². The maximum absolute atomic E-state index is 12.7. The molecule has 2 unspecified atom stereocenters. The van der Waals surface area contributed by atoms with Crippen molar-refractivity contribution < 1.29 is 4.79 Å². The van der Waals surface area contributed by atoms with Crippen molar-refractivity contribution in [2.75, 3.05) is 13.1 Å². The number of nitrogens with one attached hydrogen (secondary N) is 2. The normalized spacial score (nSPS) is 20.3. The molecule has 2 aromatic rings. The molecule has 126 valence electrons. The molecule has 1 aliphatic rings. The highest BCUT2D eigenvalue weighted by atomic mass is 35.5. The Morgan fingerprint density at radius 1 is 1.30 bits per heavy atom. The molecule has 1 fully saturated rings. The van der Waals surface area contributed by atoms with Crippen LogP contribution in [0.1, 0.15) is 29.4 Å². The predicted octanol–water partition coefficient (Wildman–Crippen LogP) is 3.11. The molecular formula is C17H23Cl2N3O. The molecular weight excluding hydrogens is 333 g/mol. The largest absolute Gasteiger partial charge is 0.348 e. The second-order valence-electron chi connectivity index (χ2n) is 5.88. The van der Waals surface area contributed by atoms with Gasteiger partial charge in [-0.1, -0.05) is 25.1 Å². The zero-order valence-electron chi connectivity index (χ0n) is 13.3. The van der Waals surface area contributed by atoms with Gasteiger partial charge in [-0.05, 0) is 37.9 Å². The van der Waals surface area contributed by atoms with Crippen LogP contribution in [0.4, 0.5) is 0 Å². The van der Waals surface area contributed by atoms with E-state index in [4.69, 9.17) is 0 Å². The van der Waals surface area contributed by atoms with Crippen LogP contribution in [-0.4, -0.2) is 30.0 Å². The zero-order valence-corrected chi connectivity index (χ0v) is 15.0. The van der Waals surface area contributed by atoms with Gasteiger partial charge >= 0.3 is 0 Å². The summed E-state index contributed by atoms with van der Waals surface area (Å²) in [6.45, 7) is 6.00. The summed E-state index contributed by atoms with van der Waals surface area (Å²) >= 11 is 0. The van der Waals surface area contributed by atoms with Crippen molar-refractivity contribution >= 4 is 41.6 Å². The van der Waals surface area contributed by atoms with Crippen molar-refractivity contribution in [2.24, 2.45) is 5.92 Å². The summed E-state index contributed by atoms with van der Waals surface area (Å²) in [6, 6.07) is 9.87. The number of halogens is 2. The van der Waals surface area contributed by atoms with Crippen LogP contribution in [-0.2, 0) is 0 Å². The highest BCUT2D eigenvalue weighted by Crippen LogP contribution is 2.19. The molecule has 1 amide bonds. The Morgan fingerprint density at radius 2 is 2.04 bits per heavy atom. The molecule has 3 rings (SSSR count). The molecule has 23 heavy (non-hydrogen) atoms. The number of pyridine rings is 1. The molecule has 2 N–H and O–H groups in total. The molecule has 0 bridgehead atoms. The van der Waals surface area contributed by atoms with E-state index < -0.39 is 0 Å².